The molecular weight excluding hydrogens is 386 g/mol. The van der Waals surface area contributed by atoms with E-state index in [1.807, 2.05) is 25.3 Å². The van der Waals surface area contributed by atoms with Gasteiger partial charge in [-0.15, -0.1) is 0 Å². The summed E-state index contributed by atoms with van der Waals surface area (Å²) in [7, 11) is 3.13. The van der Waals surface area contributed by atoms with Crippen LogP contribution in [0.1, 0.15) is 23.1 Å². The third kappa shape index (κ3) is 3.46. The van der Waals surface area contributed by atoms with Crippen LogP contribution in [0.3, 0.4) is 0 Å². The van der Waals surface area contributed by atoms with Crippen LogP contribution in [-0.4, -0.2) is 29.5 Å². The standard InChI is InChI=1S/C18H18BrN3O3/c1-4-15-17(22-10-11(19)5-6-16(22)21-15)18(23)20-12-7-13(24-2)9-14(8-12)25-3/h5-10H,4H2,1-3H3,(H,20,23). The summed E-state index contributed by atoms with van der Waals surface area (Å²) in [5.41, 5.74) is 2.58. The second kappa shape index (κ2) is 7.14. The molecule has 2 heterocycles. The maximum atomic E-state index is 12.9. The number of benzene rings is 1. The van der Waals surface area contributed by atoms with Crippen LogP contribution in [0.25, 0.3) is 5.65 Å². The van der Waals surface area contributed by atoms with Crippen molar-refractivity contribution in [1.29, 1.82) is 0 Å². The van der Waals surface area contributed by atoms with E-state index in [4.69, 9.17) is 9.47 Å². The van der Waals surface area contributed by atoms with Crippen molar-refractivity contribution in [2.24, 2.45) is 0 Å². The number of nitrogens with one attached hydrogen (secondary N) is 1. The Morgan fingerprint density at radius 1 is 1.20 bits per heavy atom. The van der Waals surface area contributed by atoms with Gasteiger partial charge < -0.3 is 14.8 Å². The van der Waals surface area contributed by atoms with Gasteiger partial charge in [-0.05, 0) is 34.5 Å². The maximum absolute atomic E-state index is 12.9. The first-order chi connectivity index (χ1) is 12.0. The number of aryl methyl sites for hydroxylation is 1. The number of rotatable bonds is 5. The molecule has 1 amide bonds. The fraction of sp³-hybridized carbons (Fsp3) is 0.222. The highest BCUT2D eigenvalue weighted by molar-refractivity contribution is 9.10. The van der Waals surface area contributed by atoms with Gasteiger partial charge >= 0.3 is 0 Å². The van der Waals surface area contributed by atoms with Crippen LogP contribution < -0.4 is 14.8 Å². The number of methoxy groups -OCH3 is 2. The molecule has 2 aromatic heterocycles. The lowest BCUT2D eigenvalue weighted by molar-refractivity contribution is 0.102. The van der Waals surface area contributed by atoms with Crippen molar-refractivity contribution in [3.05, 3.63) is 52.4 Å². The summed E-state index contributed by atoms with van der Waals surface area (Å²) >= 11 is 3.44. The van der Waals surface area contributed by atoms with Gasteiger partial charge in [-0.2, -0.15) is 0 Å². The molecule has 0 saturated carbocycles. The first-order valence-electron chi connectivity index (χ1n) is 7.76. The zero-order valence-electron chi connectivity index (χ0n) is 14.2. The molecule has 130 valence electrons. The molecule has 3 aromatic rings. The predicted molar refractivity (Wildman–Crippen MR) is 99.8 cm³/mol. The number of hydrogen-bond donors (Lipinski definition) is 1. The molecule has 0 spiro atoms. The highest BCUT2D eigenvalue weighted by Gasteiger charge is 2.19. The van der Waals surface area contributed by atoms with E-state index in [1.54, 1.807) is 36.8 Å². The number of imidazole rings is 1. The Kier molecular flexibility index (Phi) is 4.94. The Morgan fingerprint density at radius 3 is 2.48 bits per heavy atom. The highest BCUT2D eigenvalue weighted by atomic mass is 79.9. The Morgan fingerprint density at radius 2 is 1.88 bits per heavy atom. The Hall–Kier alpha value is -2.54. The number of hydrogen-bond acceptors (Lipinski definition) is 4. The van der Waals surface area contributed by atoms with Gasteiger partial charge in [0.25, 0.3) is 5.91 Å². The quantitative estimate of drug-likeness (QED) is 0.700. The number of aromatic nitrogens is 2. The first-order valence-corrected chi connectivity index (χ1v) is 8.56. The lowest BCUT2D eigenvalue weighted by atomic mass is 10.2. The molecule has 0 bridgehead atoms. The molecule has 1 aromatic carbocycles. The number of anilines is 1. The van der Waals surface area contributed by atoms with E-state index in [-0.39, 0.29) is 5.91 Å². The van der Waals surface area contributed by atoms with E-state index in [2.05, 4.69) is 26.2 Å². The van der Waals surface area contributed by atoms with Crippen molar-refractivity contribution in [2.45, 2.75) is 13.3 Å². The molecule has 3 rings (SSSR count). The summed E-state index contributed by atoms with van der Waals surface area (Å²) in [5, 5.41) is 2.91. The zero-order valence-corrected chi connectivity index (χ0v) is 15.8. The largest absolute Gasteiger partial charge is 0.497 e. The third-order valence-corrected chi connectivity index (χ3v) is 4.28. The zero-order chi connectivity index (χ0) is 18.0. The molecule has 7 heteroatoms. The number of halogens is 1. The molecule has 25 heavy (non-hydrogen) atoms. The summed E-state index contributed by atoms with van der Waals surface area (Å²) in [6, 6.07) is 9.00. The van der Waals surface area contributed by atoms with Gasteiger partial charge in [0.2, 0.25) is 0 Å². The van der Waals surface area contributed by atoms with Crippen molar-refractivity contribution in [1.82, 2.24) is 9.38 Å². The molecule has 0 aliphatic carbocycles. The molecule has 1 N–H and O–H groups in total. The Balaban J connectivity index is 2.01. The van der Waals surface area contributed by atoms with E-state index in [0.29, 0.717) is 29.3 Å². The van der Waals surface area contributed by atoms with E-state index < -0.39 is 0 Å². The van der Waals surface area contributed by atoms with Crippen LogP contribution >= 0.6 is 15.9 Å². The fourth-order valence-electron chi connectivity index (χ4n) is 2.62. The normalized spacial score (nSPS) is 10.7. The lowest BCUT2D eigenvalue weighted by Gasteiger charge is -2.10. The van der Waals surface area contributed by atoms with Crippen molar-refractivity contribution < 1.29 is 14.3 Å². The summed E-state index contributed by atoms with van der Waals surface area (Å²) < 4.78 is 13.2. The van der Waals surface area contributed by atoms with Crippen LogP contribution in [0, 0.1) is 0 Å². The smallest absolute Gasteiger partial charge is 0.274 e. The van der Waals surface area contributed by atoms with Crippen molar-refractivity contribution in [3.63, 3.8) is 0 Å². The van der Waals surface area contributed by atoms with E-state index in [1.165, 1.54) is 0 Å². The SMILES string of the molecule is CCc1nc2ccc(Br)cn2c1C(=O)Nc1cc(OC)cc(OC)c1. The lowest BCUT2D eigenvalue weighted by Crippen LogP contribution is -2.16. The molecule has 0 atom stereocenters. The monoisotopic (exact) mass is 403 g/mol. The molecule has 0 unspecified atom stereocenters. The van der Waals surface area contributed by atoms with Crippen LogP contribution in [0.15, 0.2) is 41.0 Å². The summed E-state index contributed by atoms with van der Waals surface area (Å²) in [5.74, 6) is 0.968. The van der Waals surface area contributed by atoms with Gasteiger partial charge in [-0.3, -0.25) is 9.20 Å². The minimum atomic E-state index is -0.238. The average molecular weight is 404 g/mol. The van der Waals surface area contributed by atoms with Crippen LogP contribution in [0.5, 0.6) is 11.5 Å². The maximum Gasteiger partial charge on any atom is 0.274 e. The van der Waals surface area contributed by atoms with Gasteiger partial charge in [0.1, 0.15) is 22.8 Å². The van der Waals surface area contributed by atoms with Gasteiger partial charge in [0, 0.05) is 34.6 Å². The fourth-order valence-corrected chi connectivity index (χ4v) is 2.96. The highest BCUT2D eigenvalue weighted by Crippen LogP contribution is 2.27. The molecule has 0 fully saturated rings. The van der Waals surface area contributed by atoms with Crippen molar-refractivity contribution in [2.75, 3.05) is 19.5 Å². The number of nitrogens with zero attached hydrogens (tertiary/aromatic N) is 2. The van der Waals surface area contributed by atoms with E-state index >= 15 is 0 Å². The molecule has 6 nitrogen and oxygen atoms in total. The second-order valence-electron chi connectivity index (χ2n) is 5.39. The second-order valence-corrected chi connectivity index (χ2v) is 6.31. The average Bonchev–Trinajstić information content (AvgIpc) is 2.98. The number of carbonyl (C=O) groups is 1. The Bertz CT molecular complexity index is 914. The van der Waals surface area contributed by atoms with Gasteiger partial charge in [0.15, 0.2) is 0 Å². The van der Waals surface area contributed by atoms with Gasteiger partial charge in [0.05, 0.1) is 19.9 Å². The predicted octanol–water partition coefficient (Wildman–Crippen LogP) is 3.93. The molecule has 0 saturated heterocycles. The molecular formula is C18H18BrN3O3. The summed E-state index contributed by atoms with van der Waals surface area (Å²) in [4.78, 5) is 17.4. The summed E-state index contributed by atoms with van der Waals surface area (Å²) in [6.45, 7) is 1.97. The third-order valence-electron chi connectivity index (χ3n) is 3.81. The number of pyridine rings is 1. The van der Waals surface area contributed by atoms with Gasteiger partial charge in [-0.1, -0.05) is 6.92 Å². The topological polar surface area (TPSA) is 64.9 Å². The minimum absolute atomic E-state index is 0.238. The number of fused-ring (bicyclic) bond motifs is 1. The number of amides is 1. The minimum Gasteiger partial charge on any atom is -0.497 e. The number of carbonyl (C=O) groups excluding carboxylic acids is 1. The Labute approximate surface area is 153 Å². The van der Waals surface area contributed by atoms with E-state index in [9.17, 15) is 4.79 Å². The van der Waals surface area contributed by atoms with Crippen LogP contribution in [0.2, 0.25) is 0 Å². The summed E-state index contributed by atoms with van der Waals surface area (Å²) in [6.07, 6.45) is 2.49. The van der Waals surface area contributed by atoms with Crippen molar-refractivity contribution in [3.8, 4) is 11.5 Å². The van der Waals surface area contributed by atoms with E-state index in [0.717, 1.165) is 15.8 Å². The molecule has 0 aliphatic rings. The van der Waals surface area contributed by atoms with Gasteiger partial charge in [-0.25, -0.2) is 4.98 Å². The first kappa shape index (κ1) is 17.3. The molecule has 0 aliphatic heterocycles. The van der Waals surface area contributed by atoms with Crippen molar-refractivity contribution >= 4 is 33.2 Å². The number of ether oxygens (including phenoxy) is 2. The van der Waals surface area contributed by atoms with Crippen LogP contribution in [0.4, 0.5) is 5.69 Å². The van der Waals surface area contributed by atoms with Crippen LogP contribution in [-0.2, 0) is 6.42 Å². The molecule has 0 radical (unpaired) electrons.